The van der Waals surface area contributed by atoms with Crippen LogP contribution in [0.15, 0.2) is 371 Å². The van der Waals surface area contributed by atoms with E-state index in [9.17, 15) is 0 Å². The fourth-order valence-corrected chi connectivity index (χ4v) is 29.1. The van der Waals surface area contributed by atoms with Crippen LogP contribution >= 0.6 is 0 Å². The van der Waals surface area contributed by atoms with Crippen LogP contribution in [0.25, 0.3) is 12.2 Å². The molecule has 16 aromatic carbocycles. The van der Waals surface area contributed by atoms with E-state index in [-0.39, 0.29) is 21.7 Å². The number of benzene rings is 16. The van der Waals surface area contributed by atoms with E-state index >= 15 is 0 Å². The van der Waals surface area contributed by atoms with Crippen LogP contribution in [-0.4, -0.2) is 0 Å². The second-order valence-corrected chi connectivity index (χ2v) is 45.5. The SMILES string of the molecule is C=Cc1ccc(C23CC4CC(C2)CC(c2ccc(N(c5ccc(CCCC)cc5)c5ccc(N(c6ccc(N(c7ccc(C)cc7)c7ccc8c(c7)CC8)cc6)c6ccc7c(c6)CC7)cc5)cc2)(C4)C3)cc1.C=Cc1ccc(C23CC4CC(C2)CC(c2ccc(N(c5ccc(CCCC)cc5)c5ccc(N(c6ccc(N(c7ccc8c(c7)CC8)c7ccc8c(c7)CC8)cc6)c6ccc7c(c6)CC7)cc5)cc2)(C4)C3)cc1. The molecule has 6 heteroatoms. The third-order valence-corrected chi connectivity index (χ3v) is 36.5. The molecule has 29 rings (SSSR count). The van der Waals surface area contributed by atoms with Crippen molar-refractivity contribution in [1.82, 2.24) is 0 Å². The maximum Gasteiger partial charge on any atom is 0.0464 e. The zero-order valence-electron chi connectivity index (χ0n) is 84.9. The first kappa shape index (κ1) is 90.8. The summed E-state index contributed by atoms with van der Waals surface area (Å²) in [5, 5.41) is 0. The van der Waals surface area contributed by atoms with Gasteiger partial charge in [-0.1, -0.05) is 197 Å². The highest BCUT2D eigenvalue weighted by Crippen LogP contribution is 2.69. The van der Waals surface area contributed by atoms with E-state index in [1.807, 2.05) is 12.2 Å². The smallest absolute Gasteiger partial charge is 0.0464 e. The highest BCUT2D eigenvalue weighted by Gasteiger charge is 2.60. The molecule has 720 valence electrons. The number of aryl methyl sites for hydroxylation is 13. The summed E-state index contributed by atoms with van der Waals surface area (Å²) in [4.78, 5) is 14.7. The van der Waals surface area contributed by atoms with Gasteiger partial charge >= 0.3 is 0 Å². The molecule has 13 aliphatic carbocycles. The molecule has 0 amide bonds. The quantitative estimate of drug-likeness (QED) is 0.0444. The summed E-state index contributed by atoms with van der Waals surface area (Å²) >= 11 is 0. The van der Waals surface area contributed by atoms with Gasteiger partial charge in [-0.3, -0.25) is 0 Å². The summed E-state index contributed by atoms with van der Waals surface area (Å²) in [5.41, 5.74) is 49.7. The molecule has 0 heterocycles. The lowest BCUT2D eigenvalue weighted by Crippen LogP contribution is -2.55. The molecule has 8 fully saturated rings. The second-order valence-electron chi connectivity index (χ2n) is 45.5. The first-order chi connectivity index (χ1) is 71.2. The number of anilines is 18. The van der Waals surface area contributed by atoms with Gasteiger partial charge in [0.15, 0.2) is 0 Å². The molecule has 8 saturated carbocycles. The van der Waals surface area contributed by atoms with Crippen molar-refractivity contribution in [3.05, 3.63) is 477 Å². The Kier molecular flexibility index (Phi) is 23.4. The number of fused-ring (bicyclic) bond motifs is 5. The number of hydrogen-bond acceptors (Lipinski definition) is 6. The Morgan fingerprint density at radius 2 is 0.400 bits per heavy atom. The van der Waals surface area contributed by atoms with Crippen LogP contribution in [0, 0.1) is 30.6 Å². The Bertz CT molecular complexity index is 7440. The summed E-state index contributed by atoms with van der Waals surface area (Å²) in [6.07, 6.45) is 38.6. The van der Waals surface area contributed by atoms with Gasteiger partial charge in [0.2, 0.25) is 0 Å². The minimum atomic E-state index is 0.231. The standard InChI is InChI=1S/C70H67N3.C69H67N3/c1-3-5-6-49-9-24-60(25-10-49)71(61-29-22-59(23-30-61)70-45-50-39-51(46-70)44-69(43-50,47-70)58-20-7-48(4-2)8-21-58)62-31-33-63(34-32-62)72(66-26-17-52-11-14-55(52)40-66)64-35-37-65(38-36-64)73(67-27-18-53-12-15-56(53)41-67)68-28-19-54-13-16-57(54)42-68;1-4-6-7-50-12-26-60(27-13-50)70(61-30-22-58(23-31-61)69-45-51-40-52(46-69)44-68(43-51,47-69)57-20-10-49(5-2)11-21-57)62-32-34-64(35-33-62)72(67-29-19-54-15-17-56(54)42-67)65-38-36-63(37-39-65)71(59-24-8-48(3)9-25-59)66-28-18-53-14-16-55(53)41-66/h4,7-10,17-38,40-42,50-51H,2-3,5-6,11-16,39,43-47H2,1H3;5,8-13,18-39,41-42,51-52H,2,4,6-7,14-17,40,43-47H2,1,3H3. The zero-order chi connectivity index (χ0) is 97.1. The van der Waals surface area contributed by atoms with Crippen molar-refractivity contribution >= 4 is 115 Å². The van der Waals surface area contributed by atoms with Crippen LogP contribution in [0.2, 0.25) is 0 Å². The molecule has 145 heavy (non-hydrogen) atoms. The van der Waals surface area contributed by atoms with Gasteiger partial charge in [0, 0.05) is 102 Å². The number of nitrogens with zero attached hydrogens (tertiary/aromatic N) is 6. The predicted molar refractivity (Wildman–Crippen MR) is 609 cm³/mol. The van der Waals surface area contributed by atoms with Gasteiger partial charge in [0.25, 0.3) is 0 Å². The molecular weight excluding hydrogens is 1750 g/mol. The first-order valence-electron chi connectivity index (χ1n) is 54.9. The summed E-state index contributed by atoms with van der Waals surface area (Å²) in [5.74, 6) is 3.20. The van der Waals surface area contributed by atoms with Crippen molar-refractivity contribution in [2.24, 2.45) is 23.7 Å². The van der Waals surface area contributed by atoms with E-state index in [0.717, 1.165) is 95.6 Å². The van der Waals surface area contributed by atoms with Crippen molar-refractivity contribution in [2.75, 3.05) is 29.4 Å². The Hall–Kier alpha value is -14.2. The third-order valence-electron chi connectivity index (χ3n) is 36.5. The molecule has 0 aliphatic heterocycles. The topological polar surface area (TPSA) is 19.4 Å². The number of rotatable bonds is 30. The average molecular weight is 1890 g/mol. The van der Waals surface area contributed by atoms with E-state index in [2.05, 4.69) is 421 Å². The molecule has 4 atom stereocenters. The van der Waals surface area contributed by atoms with Crippen molar-refractivity contribution in [3.63, 3.8) is 0 Å². The van der Waals surface area contributed by atoms with Gasteiger partial charge in [0.05, 0.1) is 0 Å². The molecule has 0 aromatic heterocycles. The summed E-state index contributed by atoms with van der Waals surface area (Å²) < 4.78 is 0. The van der Waals surface area contributed by atoms with Gasteiger partial charge < -0.3 is 29.4 Å². The lowest BCUT2D eigenvalue weighted by Gasteiger charge is -2.63. The highest BCUT2D eigenvalue weighted by molar-refractivity contribution is 5.88. The summed E-state index contributed by atoms with van der Waals surface area (Å²) in [7, 11) is 0. The van der Waals surface area contributed by atoms with Gasteiger partial charge in [-0.25, -0.2) is 0 Å². The monoisotopic (exact) mass is 1890 g/mol. The van der Waals surface area contributed by atoms with Crippen LogP contribution in [0.1, 0.15) is 222 Å². The first-order valence-corrected chi connectivity index (χ1v) is 54.9. The number of unbranched alkanes of at least 4 members (excludes halogenated alkanes) is 2. The molecule has 13 aliphatic rings. The normalized spacial score (nSPS) is 21.2. The second kappa shape index (κ2) is 37.4. The van der Waals surface area contributed by atoms with E-state index < -0.39 is 0 Å². The van der Waals surface area contributed by atoms with Gasteiger partial charge in [-0.05, 0) is 538 Å². The van der Waals surface area contributed by atoms with Gasteiger partial charge in [-0.2, -0.15) is 0 Å². The van der Waals surface area contributed by atoms with Crippen LogP contribution in [0.5, 0.6) is 0 Å². The molecule has 6 nitrogen and oxygen atoms in total. The Morgan fingerprint density at radius 3 is 0.600 bits per heavy atom. The fourth-order valence-electron chi connectivity index (χ4n) is 29.1. The van der Waals surface area contributed by atoms with Crippen LogP contribution in [0.3, 0.4) is 0 Å². The molecule has 0 spiro atoms. The maximum absolute atomic E-state index is 4.04. The predicted octanol–water partition coefficient (Wildman–Crippen LogP) is 36.5. The summed E-state index contributed by atoms with van der Waals surface area (Å²) in [6, 6.07) is 139. The van der Waals surface area contributed by atoms with Crippen molar-refractivity contribution in [3.8, 4) is 0 Å². The Balaban J connectivity index is 0.000000148. The maximum atomic E-state index is 4.04. The van der Waals surface area contributed by atoms with E-state index in [0.29, 0.717) is 0 Å². The largest absolute Gasteiger partial charge is 0.311 e. The van der Waals surface area contributed by atoms with Crippen LogP contribution < -0.4 is 29.4 Å². The minimum Gasteiger partial charge on any atom is -0.311 e. The molecule has 0 saturated heterocycles. The average Bonchev–Trinajstić information content (AvgIpc) is 0.704. The molecule has 8 bridgehead atoms. The van der Waals surface area contributed by atoms with E-state index in [1.165, 1.54) is 299 Å². The van der Waals surface area contributed by atoms with Gasteiger partial charge in [-0.15, -0.1) is 0 Å². The lowest BCUT2D eigenvalue weighted by molar-refractivity contribution is -0.0282. The summed E-state index contributed by atoms with van der Waals surface area (Å²) in [6.45, 7) is 14.8. The molecule has 0 radical (unpaired) electrons. The van der Waals surface area contributed by atoms with Crippen LogP contribution in [0.4, 0.5) is 102 Å². The third kappa shape index (κ3) is 16.9. The van der Waals surface area contributed by atoms with Crippen molar-refractivity contribution < 1.29 is 0 Å². The minimum absolute atomic E-state index is 0.231. The lowest BCUT2D eigenvalue weighted by atomic mass is 9.41. The zero-order valence-corrected chi connectivity index (χ0v) is 84.9. The Labute approximate surface area is 860 Å². The number of hydrogen-bond donors (Lipinski definition) is 0. The Morgan fingerprint density at radius 1 is 0.221 bits per heavy atom. The van der Waals surface area contributed by atoms with Gasteiger partial charge in [0.1, 0.15) is 0 Å². The van der Waals surface area contributed by atoms with E-state index in [1.54, 1.807) is 16.7 Å². The fraction of sp³-hybridized carbons (Fsp3) is 0.281. The van der Waals surface area contributed by atoms with Crippen molar-refractivity contribution in [2.45, 2.75) is 222 Å². The molecular formula is C139H134N6. The molecule has 0 N–H and O–H groups in total. The highest BCUT2D eigenvalue weighted by atomic mass is 15.2. The van der Waals surface area contributed by atoms with Crippen molar-refractivity contribution in [1.29, 1.82) is 0 Å². The molecule has 16 aromatic rings. The van der Waals surface area contributed by atoms with Crippen LogP contribution in [-0.2, 0) is 98.7 Å². The molecule has 4 unspecified atom stereocenters. The van der Waals surface area contributed by atoms with E-state index in [4.69, 9.17) is 0 Å².